The maximum atomic E-state index is 12.5. The van der Waals surface area contributed by atoms with Crippen molar-refractivity contribution in [1.82, 2.24) is 0 Å². The quantitative estimate of drug-likeness (QED) is 0.702. The van der Waals surface area contributed by atoms with E-state index in [0.29, 0.717) is 34.0 Å². The maximum Gasteiger partial charge on any atom is 0.349 e. The van der Waals surface area contributed by atoms with E-state index in [1.54, 1.807) is 43.3 Å². The normalized spacial score (nSPS) is 10.7. The van der Waals surface area contributed by atoms with Crippen LogP contribution in [0.2, 0.25) is 5.02 Å². The van der Waals surface area contributed by atoms with Crippen LogP contribution in [0.3, 0.4) is 0 Å². The van der Waals surface area contributed by atoms with Crippen LogP contribution in [0, 0.1) is 6.92 Å². The summed E-state index contributed by atoms with van der Waals surface area (Å²) in [4.78, 5) is 24.7. The van der Waals surface area contributed by atoms with Gasteiger partial charge in [0.1, 0.15) is 16.9 Å². The zero-order valence-electron chi connectivity index (χ0n) is 13.8. The molecule has 0 unspecified atom stereocenters. The zero-order chi connectivity index (χ0) is 18.0. The molecule has 128 valence electrons. The minimum atomic E-state index is -0.710. The van der Waals surface area contributed by atoms with E-state index in [2.05, 4.69) is 5.32 Å². The first-order valence-corrected chi connectivity index (χ1v) is 8.14. The fraction of sp³-hybridized carbons (Fsp3) is 0.158. The third kappa shape index (κ3) is 3.51. The van der Waals surface area contributed by atoms with Crippen LogP contribution >= 0.6 is 11.6 Å². The van der Waals surface area contributed by atoms with Crippen molar-refractivity contribution in [2.24, 2.45) is 0 Å². The lowest BCUT2D eigenvalue weighted by Gasteiger charge is -2.09. The molecular formula is C19H16ClNO4. The Hall–Kier alpha value is -2.79. The smallest absolute Gasteiger partial charge is 0.349 e. The second-order valence-electron chi connectivity index (χ2n) is 5.45. The molecule has 1 amide bonds. The molecule has 0 fully saturated rings. The molecule has 0 aliphatic heterocycles. The Morgan fingerprint density at radius 1 is 1.24 bits per heavy atom. The number of fused-ring (bicyclic) bond motifs is 1. The van der Waals surface area contributed by atoms with Gasteiger partial charge >= 0.3 is 5.63 Å². The van der Waals surface area contributed by atoms with Crippen molar-refractivity contribution in [2.75, 3.05) is 11.9 Å². The molecule has 3 aromatic rings. The van der Waals surface area contributed by atoms with E-state index in [-0.39, 0.29) is 5.56 Å². The number of anilines is 1. The summed E-state index contributed by atoms with van der Waals surface area (Å²) in [5, 5.41) is 3.87. The van der Waals surface area contributed by atoms with Crippen molar-refractivity contribution >= 4 is 34.2 Å². The monoisotopic (exact) mass is 357 g/mol. The van der Waals surface area contributed by atoms with Crippen LogP contribution in [0.5, 0.6) is 5.75 Å². The molecule has 0 atom stereocenters. The number of hydrogen-bond donors (Lipinski definition) is 1. The van der Waals surface area contributed by atoms with Crippen LogP contribution in [0.25, 0.3) is 11.0 Å². The number of halogens is 1. The first kappa shape index (κ1) is 17.0. The summed E-state index contributed by atoms with van der Waals surface area (Å²) in [5.41, 5.74) is 0.855. The standard InChI is InChI=1S/C19H16ClNO4/c1-3-24-13-8-7-12-9-14(19(23)25-17(12)10-13)18(22)21-16-6-4-5-15(20)11(16)2/h4-10H,3H2,1-2H3,(H,21,22). The molecule has 2 aromatic carbocycles. The largest absolute Gasteiger partial charge is 0.494 e. The Kier molecular flexibility index (Phi) is 4.76. The molecule has 1 aromatic heterocycles. The summed E-state index contributed by atoms with van der Waals surface area (Å²) in [6.07, 6.45) is 0. The molecule has 1 N–H and O–H groups in total. The van der Waals surface area contributed by atoms with Gasteiger partial charge in [-0.05, 0) is 49.7 Å². The van der Waals surface area contributed by atoms with Crippen molar-refractivity contribution in [2.45, 2.75) is 13.8 Å². The van der Waals surface area contributed by atoms with Crippen molar-refractivity contribution in [3.05, 3.63) is 69.0 Å². The molecule has 25 heavy (non-hydrogen) atoms. The summed E-state index contributed by atoms with van der Waals surface area (Å²) in [7, 11) is 0. The highest BCUT2D eigenvalue weighted by molar-refractivity contribution is 6.31. The highest BCUT2D eigenvalue weighted by atomic mass is 35.5. The van der Waals surface area contributed by atoms with Gasteiger partial charge in [-0.25, -0.2) is 4.79 Å². The molecule has 0 radical (unpaired) electrons. The van der Waals surface area contributed by atoms with Gasteiger partial charge in [-0.2, -0.15) is 0 Å². The molecule has 0 saturated heterocycles. The van der Waals surface area contributed by atoms with Gasteiger partial charge in [0.25, 0.3) is 5.91 Å². The first-order valence-electron chi connectivity index (χ1n) is 7.76. The number of benzene rings is 2. The van der Waals surface area contributed by atoms with E-state index in [9.17, 15) is 9.59 Å². The topological polar surface area (TPSA) is 68.5 Å². The van der Waals surface area contributed by atoms with Crippen molar-refractivity contribution in [3.63, 3.8) is 0 Å². The summed E-state index contributed by atoms with van der Waals surface area (Å²) in [5.74, 6) is 0.0554. The van der Waals surface area contributed by atoms with E-state index < -0.39 is 11.5 Å². The fourth-order valence-corrected chi connectivity index (χ4v) is 2.61. The van der Waals surface area contributed by atoms with E-state index in [0.717, 1.165) is 5.56 Å². The van der Waals surface area contributed by atoms with E-state index in [1.807, 2.05) is 6.92 Å². The number of ether oxygens (including phenoxy) is 1. The van der Waals surface area contributed by atoms with Crippen LogP contribution in [0.4, 0.5) is 5.69 Å². The lowest BCUT2D eigenvalue weighted by molar-refractivity contribution is 0.102. The van der Waals surface area contributed by atoms with Gasteiger partial charge in [0.05, 0.1) is 6.61 Å². The highest BCUT2D eigenvalue weighted by Crippen LogP contribution is 2.24. The molecule has 0 bridgehead atoms. The second-order valence-corrected chi connectivity index (χ2v) is 5.85. The van der Waals surface area contributed by atoms with Crippen LogP contribution < -0.4 is 15.7 Å². The third-order valence-electron chi connectivity index (χ3n) is 3.78. The van der Waals surface area contributed by atoms with Crippen LogP contribution in [0.15, 0.2) is 51.7 Å². The summed E-state index contributed by atoms with van der Waals surface area (Å²) in [6, 6.07) is 11.8. The first-order chi connectivity index (χ1) is 12.0. The molecule has 5 nitrogen and oxygen atoms in total. The van der Waals surface area contributed by atoms with E-state index in [4.69, 9.17) is 20.8 Å². The van der Waals surface area contributed by atoms with E-state index in [1.165, 1.54) is 6.07 Å². The van der Waals surface area contributed by atoms with Crippen LogP contribution in [-0.4, -0.2) is 12.5 Å². The number of carbonyl (C=O) groups excluding carboxylic acids is 1. The minimum Gasteiger partial charge on any atom is -0.494 e. The fourth-order valence-electron chi connectivity index (χ4n) is 2.44. The Morgan fingerprint density at radius 3 is 2.80 bits per heavy atom. The molecule has 6 heteroatoms. The van der Waals surface area contributed by atoms with Gasteiger partial charge in [0, 0.05) is 22.2 Å². The second kappa shape index (κ2) is 6.99. The maximum absolute atomic E-state index is 12.5. The highest BCUT2D eigenvalue weighted by Gasteiger charge is 2.15. The molecular weight excluding hydrogens is 342 g/mol. The van der Waals surface area contributed by atoms with Crippen molar-refractivity contribution < 1.29 is 13.9 Å². The van der Waals surface area contributed by atoms with Crippen LogP contribution in [0.1, 0.15) is 22.8 Å². The van der Waals surface area contributed by atoms with Crippen molar-refractivity contribution in [1.29, 1.82) is 0 Å². The Labute approximate surface area is 149 Å². The van der Waals surface area contributed by atoms with E-state index >= 15 is 0 Å². The van der Waals surface area contributed by atoms with Crippen LogP contribution in [-0.2, 0) is 0 Å². The number of carbonyl (C=O) groups is 1. The Bertz CT molecular complexity index is 1010. The summed E-state index contributed by atoms with van der Waals surface area (Å²) in [6.45, 7) is 4.16. The van der Waals surface area contributed by atoms with Gasteiger partial charge in [-0.3, -0.25) is 4.79 Å². The van der Waals surface area contributed by atoms with Gasteiger partial charge in [-0.1, -0.05) is 17.7 Å². The molecule has 1 heterocycles. The molecule has 0 saturated carbocycles. The predicted octanol–water partition coefficient (Wildman–Crippen LogP) is 4.41. The van der Waals surface area contributed by atoms with Gasteiger partial charge < -0.3 is 14.5 Å². The third-order valence-corrected chi connectivity index (χ3v) is 4.19. The molecule has 3 rings (SSSR count). The predicted molar refractivity (Wildman–Crippen MR) is 97.8 cm³/mol. The molecule has 0 aliphatic rings. The summed E-state index contributed by atoms with van der Waals surface area (Å²) < 4.78 is 10.7. The number of amides is 1. The van der Waals surface area contributed by atoms with Gasteiger partial charge in [0.2, 0.25) is 0 Å². The Morgan fingerprint density at radius 2 is 2.04 bits per heavy atom. The minimum absolute atomic E-state index is 0.0731. The average molecular weight is 358 g/mol. The lowest BCUT2D eigenvalue weighted by atomic mass is 10.1. The summed E-state index contributed by atoms with van der Waals surface area (Å²) >= 11 is 6.05. The van der Waals surface area contributed by atoms with Gasteiger partial charge in [-0.15, -0.1) is 0 Å². The lowest BCUT2D eigenvalue weighted by Crippen LogP contribution is -2.21. The number of nitrogens with one attached hydrogen (secondary N) is 1. The molecule has 0 spiro atoms. The van der Waals surface area contributed by atoms with Gasteiger partial charge in [0.15, 0.2) is 0 Å². The Balaban J connectivity index is 1.96. The number of hydrogen-bond acceptors (Lipinski definition) is 4. The number of rotatable bonds is 4. The SMILES string of the molecule is CCOc1ccc2cc(C(=O)Nc3cccc(Cl)c3C)c(=O)oc2c1. The molecule has 0 aliphatic carbocycles. The average Bonchev–Trinajstić information content (AvgIpc) is 2.58. The zero-order valence-corrected chi connectivity index (χ0v) is 14.5. The van der Waals surface area contributed by atoms with Crippen molar-refractivity contribution in [3.8, 4) is 5.75 Å².